The van der Waals surface area contributed by atoms with Crippen molar-refractivity contribution in [2.24, 2.45) is 0 Å². The van der Waals surface area contributed by atoms with Crippen molar-refractivity contribution < 1.29 is 27.9 Å². The molecule has 4 nitrogen and oxygen atoms in total. The number of amides is 1. The maximum atomic E-state index is 12.7. The fourth-order valence-corrected chi connectivity index (χ4v) is 1.71. The van der Waals surface area contributed by atoms with Crippen LogP contribution in [0.3, 0.4) is 0 Å². The van der Waals surface area contributed by atoms with Crippen molar-refractivity contribution in [1.82, 2.24) is 5.32 Å². The van der Waals surface area contributed by atoms with Crippen molar-refractivity contribution >= 4 is 35.1 Å². The average molecular weight is 330 g/mol. The number of hydrogen-bond acceptors (Lipinski definition) is 2. The number of hydrogen-bond donors (Lipinski definition) is 2. The summed E-state index contributed by atoms with van der Waals surface area (Å²) in [4.78, 5) is 22.5. The van der Waals surface area contributed by atoms with Gasteiger partial charge in [-0.15, -0.1) is 0 Å². The van der Waals surface area contributed by atoms with Crippen LogP contribution in [0.25, 0.3) is 0 Å². The summed E-state index contributed by atoms with van der Waals surface area (Å²) in [5, 5.41) is 10.1. The first-order valence-corrected chi connectivity index (χ1v) is 5.82. The lowest BCUT2D eigenvalue weighted by Crippen LogP contribution is -2.61. The van der Waals surface area contributed by atoms with E-state index < -0.39 is 23.6 Å². The molecule has 0 saturated carbocycles. The van der Waals surface area contributed by atoms with Crippen LogP contribution < -0.4 is 5.32 Å². The first kappa shape index (κ1) is 16.6. The largest absolute Gasteiger partial charge is 0.479 e. The molecule has 0 aliphatic rings. The summed E-state index contributed by atoms with van der Waals surface area (Å²) < 4.78 is 38.2. The number of halogens is 5. The van der Waals surface area contributed by atoms with Crippen LogP contribution in [-0.4, -0.2) is 28.7 Å². The third-order valence-electron chi connectivity index (χ3n) is 2.53. The van der Waals surface area contributed by atoms with Crippen molar-refractivity contribution in [2.45, 2.75) is 18.6 Å². The van der Waals surface area contributed by atoms with E-state index >= 15 is 0 Å². The van der Waals surface area contributed by atoms with Gasteiger partial charge in [0.2, 0.25) is 5.54 Å². The molecule has 0 fully saturated rings. The Kier molecular flexibility index (Phi) is 4.55. The van der Waals surface area contributed by atoms with Gasteiger partial charge in [-0.2, -0.15) is 13.2 Å². The molecule has 2 N–H and O–H groups in total. The second-order valence-electron chi connectivity index (χ2n) is 4.01. The first-order chi connectivity index (χ1) is 8.99. The highest BCUT2D eigenvalue weighted by molar-refractivity contribution is 6.36. The molecule has 0 radical (unpaired) electrons. The molecule has 110 valence electrons. The molecule has 1 aromatic carbocycles. The number of nitrogens with one attached hydrogen (secondary N) is 1. The SMILES string of the molecule is CC(NC(=O)c1ccc(Cl)cc1Cl)(C(=O)O)C(F)(F)F. The summed E-state index contributed by atoms with van der Waals surface area (Å²) >= 11 is 11.3. The molecule has 9 heteroatoms. The maximum Gasteiger partial charge on any atom is 0.422 e. The molecule has 20 heavy (non-hydrogen) atoms. The zero-order valence-electron chi connectivity index (χ0n) is 9.89. The fourth-order valence-electron chi connectivity index (χ4n) is 1.21. The van der Waals surface area contributed by atoms with E-state index in [-0.39, 0.29) is 15.6 Å². The molecule has 0 aromatic heterocycles. The van der Waals surface area contributed by atoms with Gasteiger partial charge in [0.1, 0.15) is 0 Å². The lowest BCUT2D eigenvalue weighted by molar-refractivity contribution is -0.203. The molecular formula is C11H8Cl2F3NO3. The number of benzene rings is 1. The Hall–Kier alpha value is -1.47. The third kappa shape index (κ3) is 3.16. The highest BCUT2D eigenvalue weighted by atomic mass is 35.5. The van der Waals surface area contributed by atoms with Crippen molar-refractivity contribution in [2.75, 3.05) is 0 Å². The zero-order chi connectivity index (χ0) is 15.7. The maximum absolute atomic E-state index is 12.7. The van der Waals surface area contributed by atoms with Gasteiger partial charge in [0.05, 0.1) is 10.6 Å². The van der Waals surface area contributed by atoms with Crippen molar-refractivity contribution in [3.63, 3.8) is 0 Å². The summed E-state index contributed by atoms with van der Waals surface area (Å²) in [6.45, 7) is 0.344. The molecule has 0 saturated heterocycles. The van der Waals surface area contributed by atoms with E-state index in [0.717, 1.165) is 12.1 Å². The van der Waals surface area contributed by atoms with Crippen molar-refractivity contribution in [3.8, 4) is 0 Å². The van der Waals surface area contributed by atoms with E-state index in [0.29, 0.717) is 6.92 Å². The number of carbonyl (C=O) groups is 2. The van der Waals surface area contributed by atoms with E-state index in [1.54, 1.807) is 0 Å². The Bertz CT molecular complexity index is 562. The van der Waals surface area contributed by atoms with Gasteiger partial charge < -0.3 is 10.4 Å². The Morgan fingerprint density at radius 2 is 1.80 bits per heavy atom. The zero-order valence-corrected chi connectivity index (χ0v) is 11.4. The number of carbonyl (C=O) groups excluding carboxylic acids is 1. The molecule has 0 aliphatic carbocycles. The van der Waals surface area contributed by atoms with Crippen molar-refractivity contribution in [3.05, 3.63) is 33.8 Å². The summed E-state index contributed by atoms with van der Waals surface area (Å²) in [5.74, 6) is -3.50. The van der Waals surface area contributed by atoms with E-state index in [1.807, 2.05) is 0 Å². The van der Waals surface area contributed by atoms with Crippen LogP contribution in [0.15, 0.2) is 18.2 Å². The van der Waals surface area contributed by atoms with Gasteiger partial charge in [-0.05, 0) is 25.1 Å². The van der Waals surface area contributed by atoms with E-state index in [4.69, 9.17) is 28.3 Å². The van der Waals surface area contributed by atoms with E-state index in [2.05, 4.69) is 0 Å². The molecule has 1 atom stereocenters. The predicted molar refractivity (Wildman–Crippen MR) is 66.0 cm³/mol. The molecule has 1 rings (SSSR count). The smallest absolute Gasteiger partial charge is 0.422 e. The third-order valence-corrected chi connectivity index (χ3v) is 3.08. The molecule has 0 aliphatic heterocycles. The Labute approximate surface area is 121 Å². The summed E-state index contributed by atoms with van der Waals surface area (Å²) in [5.41, 5.74) is -3.74. The Morgan fingerprint density at radius 3 is 2.20 bits per heavy atom. The second kappa shape index (κ2) is 5.49. The van der Waals surface area contributed by atoms with Crippen LogP contribution in [0.2, 0.25) is 10.0 Å². The van der Waals surface area contributed by atoms with E-state index in [1.165, 1.54) is 11.4 Å². The average Bonchev–Trinajstić information content (AvgIpc) is 2.26. The van der Waals surface area contributed by atoms with Crippen LogP contribution in [0, 0.1) is 0 Å². The van der Waals surface area contributed by atoms with Gasteiger partial charge >= 0.3 is 12.1 Å². The molecule has 0 bridgehead atoms. The van der Waals surface area contributed by atoms with Gasteiger partial charge in [-0.25, -0.2) is 4.79 Å². The molecule has 1 aromatic rings. The molecular weight excluding hydrogens is 322 g/mol. The van der Waals surface area contributed by atoms with Gasteiger partial charge in [-0.1, -0.05) is 23.2 Å². The minimum absolute atomic E-state index is 0.184. The Morgan fingerprint density at radius 1 is 1.25 bits per heavy atom. The van der Waals surface area contributed by atoms with Crippen LogP contribution in [-0.2, 0) is 4.79 Å². The molecule has 1 amide bonds. The Balaban J connectivity index is 3.13. The number of rotatable bonds is 3. The van der Waals surface area contributed by atoms with Gasteiger partial charge in [0, 0.05) is 5.02 Å². The van der Waals surface area contributed by atoms with Crippen LogP contribution in [0.4, 0.5) is 13.2 Å². The predicted octanol–water partition coefficient (Wildman–Crippen LogP) is 3.13. The number of carboxylic acid groups (broad SMARTS) is 1. The topological polar surface area (TPSA) is 66.4 Å². The standard InChI is InChI=1S/C11H8Cl2F3NO3/c1-10(9(19)20,11(14,15)16)17-8(18)6-3-2-5(12)4-7(6)13/h2-4H,1H3,(H,17,18)(H,19,20). The first-order valence-electron chi connectivity index (χ1n) is 5.06. The van der Waals surface area contributed by atoms with Gasteiger partial charge in [0.25, 0.3) is 5.91 Å². The van der Waals surface area contributed by atoms with Gasteiger partial charge in [-0.3, -0.25) is 4.79 Å². The van der Waals surface area contributed by atoms with E-state index in [9.17, 15) is 22.8 Å². The van der Waals surface area contributed by atoms with Crippen LogP contribution in [0.5, 0.6) is 0 Å². The molecule has 0 heterocycles. The van der Waals surface area contributed by atoms with Crippen LogP contribution in [0.1, 0.15) is 17.3 Å². The highest BCUT2D eigenvalue weighted by Gasteiger charge is 2.58. The quantitative estimate of drug-likeness (QED) is 0.895. The minimum Gasteiger partial charge on any atom is -0.479 e. The lowest BCUT2D eigenvalue weighted by atomic mass is 10.0. The minimum atomic E-state index is -5.17. The summed E-state index contributed by atoms with van der Waals surface area (Å²) in [6.07, 6.45) is -5.17. The molecule has 0 spiro atoms. The fraction of sp³-hybridized carbons (Fsp3) is 0.273. The summed E-state index contributed by atoms with van der Waals surface area (Å²) in [7, 11) is 0. The lowest BCUT2D eigenvalue weighted by Gasteiger charge is -2.28. The van der Waals surface area contributed by atoms with Crippen molar-refractivity contribution in [1.29, 1.82) is 0 Å². The monoisotopic (exact) mass is 329 g/mol. The van der Waals surface area contributed by atoms with Gasteiger partial charge in [0.15, 0.2) is 0 Å². The highest BCUT2D eigenvalue weighted by Crippen LogP contribution is 2.31. The second-order valence-corrected chi connectivity index (χ2v) is 4.85. The number of carboxylic acids is 1. The number of alkyl halides is 3. The normalized spacial score (nSPS) is 14.5. The summed E-state index contributed by atoms with van der Waals surface area (Å²) in [6, 6.07) is 3.50. The molecule has 1 unspecified atom stereocenters. The number of aliphatic carboxylic acids is 1. The van der Waals surface area contributed by atoms with Crippen LogP contribution >= 0.6 is 23.2 Å².